The Morgan fingerprint density at radius 3 is 2.65 bits per heavy atom. The Kier molecular flexibility index (Phi) is 3.98. The lowest BCUT2D eigenvalue weighted by atomic mass is 10.2. The molecule has 1 aromatic carbocycles. The van der Waals surface area contributed by atoms with Crippen LogP contribution in [0.1, 0.15) is 19.8 Å². The van der Waals surface area contributed by atoms with E-state index >= 15 is 0 Å². The fourth-order valence-corrected chi connectivity index (χ4v) is 2.16. The van der Waals surface area contributed by atoms with E-state index in [0.29, 0.717) is 5.13 Å². The SMILES string of the molecule is CCCCOc1ccc(-c2cnc(N)s2)cc1. The summed E-state index contributed by atoms with van der Waals surface area (Å²) in [6, 6.07) is 8.05. The van der Waals surface area contributed by atoms with Gasteiger partial charge in [-0.25, -0.2) is 4.98 Å². The van der Waals surface area contributed by atoms with Gasteiger partial charge in [0.1, 0.15) is 5.75 Å². The summed E-state index contributed by atoms with van der Waals surface area (Å²) >= 11 is 1.49. The molecule has 2 aromatic rings. The van der Waals surface area contributed by atoms with E-state index in [9.17, 15) is 0 Å². The van der Waals surface area contributed by atoms with Crippen LogP contribution in [-0.2, 0) is 0 Å². The second-order valence-corrected chi connectivity index (χ2v) is 4.85. The number of hydrogen-bond acceptors (Lipinski definition) is 4. The lowest BCUT2D eigenvalue weighted by molar-refractivity contribution is 0.309. The summed E-state index contributed by atoms with van der Waals surface area (Å²) in [4.78, 5) is 5.13. The lowest BCUT2D eigenvalue weighted by Crippen LogP contribution is -1.95. The maximum Gasteiger partial charge on any atom is 0.180 e. The molecule has 0 radical (unpaired) electrons. The second-order valence-electron chi connectivity index (χ2n) is 3.79. The molecular weight excluding hydrogens is 232 g/mol. The zero-order valence-electron chi connectivity index (χ0n) is 9.85. The first kappa shape index (κ1) is 11.9. The molecule has 0 aliphatic carbocycles. The molecule has 0 aliphatic heterocycles. The third-order valence-electron chi connectivity index (χ3n) is 2.43. The van der Waals surface area contributed by atoms with Gasteiger partial charge in [-0.1, -0.05) is 24.7 Å². The maximum absolute atomic E-state index is 5.61. The quantitative estimate of drug-likeness (QED) is 0.823. The van der Waals surface area contributed by atoms with Gasteiger partial charge >= 0.3 is 0 Å². The molecule has 0 saturated heterocycles. The second kappa shape index (κ2) is 5.68. The normalized spacial score (nSPS) is 10.4. The third-order valence-corrected chi connectivity index (χ3v) is 3.30. The van der Waals surface area contributed by atoms with E-state index in [1.54, 1.807) is 6.20 Å². The van der Waals surface area contributed by atoms with Crippen LogP contribution in [0.25, 0.3) is 10.4 Å². The summed E-state index contributed by atoms with van der Waals surface area (Å²) in [5.74, 6) is 0.916. The standard InChI is InChI=1S/C13H16N2OS/c1-2-3-8-16-11-6-4-10(5-7-11)12-9-15-13(14)17-12/h4-7,9H,2-3,8H2,1H3,(H2,14,15). The molecule has 0 saturated carbocycles. The Morgan fingerprint density at radius 1 is 1.29 bits per heavy atom. The van der Waals surface area contributed by atoms with Gasteiger partial charge < -0.3 is 10.5 Å². The summed E-state index contributed by atoms with van der Waals surface area (Å²) in [5.41, 5.74) is 6.74. The summed E-state index contributed by atoms with van der Waals surface area (Å²) in [5, 5.41) is 0.600. The van der Waals surface area contributed by atoms with E-state index in [-0.39, 0.29) is 0 Å². The highest BCUT2D eigenvalue weighted by atomic mass is 32.1. The highest BCUT2D eigenvalue weighted by Crippen LogP contribution is 2.28. The minimum absolute atomic E-state index is 0.600. The molecule has 4 heteroatoms. The molecule has 1 aromatic heterocycles. The van der Waals surface area contributed by atoms with E-state index in [0.717, 1.165) is 35.6 Å². The number of nitrogens with zero attached hydrogens (tertiary/aromatic N) is 1. The van der Waals surface area contributed by atoms with Gasteiger partial charge in [-0.15, -0.1) is 0 Å². The molecule has 90 valence electrons. The van der Waals surface area contributed by atoms with Gasteiger partial charge in [0.2, 0.25) is 0 Å². The van der Waals surface area contributed by atoms with Crippen molar-refractivity contribution < 1.29 is 4.74 Å². The first-order valence-electron chi connectivity index (χ1n) is 5.74. The topological polar surface area (TPSA) is 48.1 Å². The van der Waals surface area contributed by atoms with Crippen molar-refractivity contribution in [2.45, 2.75) is 19.8 Å². The smallest absolute Gasteiger partial charge is 0.180 e. The zero-order valence-corrected chi connectivity index (χ0v) is 10.7. The van der Waals surface area contributed by atoms with Crippen molar-refractivity contribution in [3.63, 3.8) is 0 Å². The van der Waals surface area contributed by atoms with E-state index < -0.39 is 0 Å². The summed E-state index contributed by atoms with van der Waals surface area (Å²) < 4.78 is 5.61. The van der Waals surface area contributed by atoms with Gasteiger partial charge in [-0.3, -0.25) is 0 Å². The van der Waals surface area contributed by atoms with E-state index in [4.69, 9.17) is 10.5 Å². The highest BCUT2D eigenvalue weighted by Gasteiger charge is 2.02. The molecular formula is C13H16N2OS. The fraction of sp³-hybridized carbons (Fsp3) is 0.308. The Balaban J connectivity index is 2.02. The van der Waals surface area contributed by atoms with Gasteiger partial charge in [0.05, 0.1) is 11.5 Å². The van der Waals surface area contributed by atoms with Gasteiger partial charge in [0.25, 0.3) is 0 Å². The number of hydrogen-bond donors (Lipinski definition) is 1. The Labute approximate surface area is 105 Å². The van der Waals surface area contributed by atoms with Crippen LogP contribution in [-0.4, -0.2) is 11.6 Å². The molecule has 0 bridgehead atoms. The average Bonchev–Trinajstić information content (AvgIpc) is 2.77. The molecule has 0 spiro atoms. The van der Waals surface area contributed by atoms with Crippen LogP contribution in [0.3, 0.4) is 0 Å². The molecule has 0 fully saturated rings. The maximum atomic E-state index is 5.61. The van der Waals surface area contributed by atoms with Crippen molar-refractivity contribution in [3.05, 3.63) is 30.5 Å². The van der Waals surface area contributed by atoms with Crippen molar-refractivity contribution >= 4 is 16.5 Å². The number of aromatic nitrogens is 1. The van der Waals surface area contributed by atoms with Crippen molar-refractivity contribution in [3.8, 4) is 16.2 Å². The van der Waals surface area contributed by atoms with E-state index in [2.05, 4.69) is 11.9 Å². The molecule has 0 aliphatic rings. The van der Waals surface area contributed by atoms with Gasteiger partial charge in [-0.2, -0.15) is 0 Å². The van der Waals surface area contributed by atoms with Crippen molar-refractivity contribution in [2.75, 3.05) is 12.3 Å². The van der Waals surface area contributed by atoms with Crippen molar-refractivity contribution in [2.24, 2.45) is 0 Å². The van der Waals surface area contributed by atoms with Crippen LogP contribution in [0.15, 0.2) is 30.5 Å². The van der Waals surface area contributed by atoms with Crippen LogP contribution in [0, 0.1) is 0 Å². The number of unbranched alkanes of at least 4 members (excludes halogenated alkanes) is 1. The third kappa shape index (κ3) is 3.20. The molecule has 17 heavy (non-hydrogen) atoms. The largest absolute Gasteiger partial charge is 0.494 e. The Hall–Kier alpha value is -1.55. The van der Waals surface area contributed by atoms with Crippen LogP contribution < -0.4 is 10.5 Å². The molecule has 0 amide bonds. The predicted molar refractivity (Wildman–Crippen MR) is 72.4 cm³/mol. The average molecular weight is 248 g/mol. The molecule has 0 atom stereocenters. The minimum atomic E-state index is 0.600. The van der Waals surface area contributed by atoms with Crippen LogP contribution in [0.2, 0.25) is 0 Å². The van der Waals surface area contributed by atoms with E-state index in [1.165, 1.54) is 11.3 Å². The molecule has 2 N–H and O–H groups in total. The number of rotatable bonds is 5. The highest BCUT2D eigenvalue weighted by molar-refractivity contribution is 7.18. The van der Waals surface area contributed by atoms with Crippen LogP contribution in [0.4, 0.5) is 5.13 Å². The lowest BCUT2D eigenvalue weighted by Gasteiger charge is -2.05. The van der Waals surface area contributed by atoms with E-state index in [1.807, 2.05) is 24.3 Å². The first-order chi connectivity index (χ1) is 8.29. The monoisotopic (exact) mass is 248 g/mol. The number of anilines is 1. The summed E-state index contributed by atoms with van der Waals surface area (Å²) in [6.07, 6.45) is 4.04. The number of ether oxygens (including phenoxy) is 1. The molecule has 1 heterocycles. The molecule has 3 nitrogen and oxygen atoms in total. The molecule has 2 rings (SSSR count). The van der Waals surface area contributed by atoms with Crippen LogP contribution in [0.5, 0.6) is 5.75 Å². The first-order valence-corrected chi connectivity index (χ1v) is 6.56. The predicted octanol–water partition coefficient (Wildman–Crippen LogP) is 3.57. The van der Waals surface area contributed by atoms with Crippen molar-refractivity contribution in [1.82, 2.24) is 4.98 Å². The summed E-state index contributed by atoms with van der Waals surface area (Å²) in [6.45, 7) is 2.93. The van der Waals surface area contributed by atoms with Gasteiger partial charge in [-0.05, 0) is 36.2 Å². The Bertz CT molecular complexity index is 465. The summed E-state index contributed by atoms with van der Waals surface area (Å²) in [7, 11) is 0. The Morgan fingerprint density at radius 2 is 2.06 bits per heavy atom. The fourth-order valence-electron chi connectivity index (χ4n) is 1.47. The number of benzene rings is 1. The minimum Gasteiger partial charge on any atom is -0.494 e. The number of nitrogens with two attached hydrogens (primary N) is 1. The van der Waals surface area contributed by atoms with Crippen molar-refractivity contribution in [1.29, 1.82) is 0 Å². The number of nitrogen functional groups attached to an aromatic ring is 1. The van der Waals surface area contributed by atoms with Crippen LogP contribution >= 0.6 is 11.3 Å². The number of thiazole rings is 1. The molecule has 0 unspecified atom stereocenters. The van der Waals surface area contributed by atoms with Gasteiger partial charge in [0, 0.05) is 6.20 Å². The zero-order chi connectivity index (χ0) is 12.1. The van der Waals surface area contributed by atoms with Gasteiger partial charge in [0.15, 0.2) is 5.13 Å².